The second-order valence-electron chi connectivity index (χ2n) is 12.4. The van der Waals surface area contributed by atoms with Crippen LogP contribution in [0.25, 0.3) is 0 Å². The Balaban J connectivity index is 4.48. The molecule has 0 spiro atoms. The molecule has 268 valence electrons. The number of aliphatic hydroxyl groups excluding tert-OH is 2. The molecule has 0 heterocycles. The minimum Gasteiger partial charge on any atom is -0.462 e. The van der Waals surface area contributed by atoms with E-state index in [0.717, 1.165) is 38.5 Å². The second-order valence-corrected chi connectivity index (χ2v) is 14.1. The smallest absolute Gasteiger partial charge is 0.356 e. The summed E-state index contributed by atoms with van der Waals surface area (Å²) >= 11 is 0. The lowest BCUT2D eigenvalue weighted by atomic mass is 10.1. The first-order valence-electron chi connectivity index (χ1n) is 18.0. The Morgan fingerprint density at radius 2 is 0.978 bits per heavy atom. The maximum atomic E-state index is 12.5. The summed E-state index contributed by atoms with van der Waals surface area (Å²) in [7, 11) is -4.93. The normalized spacial score (nSPS) is 13.8. The van der Waals surface area contributed by atoms with Gasteiger partial charge in [-0.3, -0.25) is 14.2 Å². The molecule has 3 atom stereocenters. The summed E-state index contributed by atoms with van der Waals surface area (Å²) in [5.41, 5.74) is 0. The van der Waals surface area contributed by atoms with Gasteiger partial charge in [0.2, 0.25) is 0 Å². The maximum Gasteiger partial charge on any atom is 0.356 e. The van der Waals surface area contributed by atoms with E-state index in [1.807, 2.05) is 0 Å². The van der Waals surface area contributed by atoms with Crippen molar-refractivity contribution >= 4 is 19.5 Å². The molecular formula is C34H67O10P. The molecule has 45 heavy (non-hydrogen) atoms. The molecule has 0 aliphatic heterocycles. The zero-order valence-corrected chi connectivity index (χ0v) is 29.4. The Kier molecular flexibility index (Phi) is 29.6. The lowest BCUT2D eigenvalue weighted by Gasteiger charge is -2.25. The van der Waals surface area contributed by atoms with Gasteiger partial charge < -0.3 is 34.2 Å². The van der Waals surface area contributed by atoms with Gasteiger partial charge in [-0.15, -0.1) is 0 Å². The number of rotatable bonds is 33. The number of esters is 2. The minimum atomic E-state index is -4.93. The third-order valence-electron chi connectivity index (χ3n) is 8.00. The van der Waals surface area contributed by atoms with Crippen molar-refractivity contribution in [3.63, 3.8) is 0 Å². The van der Waals surface area contributed by atoms with Gasteiger partial charge in [-0.05, 0) is 12.8 Å². The number of unbranched alkanes of at least 4 members (excludes halogenated alkanes) is 20. The van der Waals surface area contributed by atoms with E-state index >= 15 is 0 Å². The lowest BCUT2D eigenvalue weighted by Crippen LogP contribution is -2.37. The van der Waals surface area contributed by atoms with Crippen molar-refractivity contribution in [3.8, 4) is 0 Å². The van der Waals surface area contributed by atoms with Gasteiger partial charge in [0.1, 0.15) is 12.7 Å². The first-order valence-corrected chi connectivity index (χ1v) is 19.6. The fourth-order valence-electron chi connectivity index (χ4n) is 5.21. The molecule has 0 aromatic heterocycles. The summed E-state index contributed by atoms with van der Waals surface area (Å²) in [5, 5.41) is 19.0. The van der Waals surface area contributed by atoms with E-state index in [0.29, 0.717) is 12.8 Å². The van der Waals surface area contributed by atoms with E-state index < -0.39 is 50.8 Å². The molecule has 0 aliphatic rings. The summed E-state index contributed by atoms with van der Waals surface area (Å²) in [4.78, 5) is 43.9. The van der Waals surface area contributed by atoms with Crippen LogP contribution in [0, 0.1) is 0 Å². The third kappa shape index (κ3) is 27.8. The monoisotopic (exact) mass is 666 g/mol. The van der Waals surface area contributed by atoms with E-state index in [1.54, 1.807) is 0 Å². The fourth-order valence-corrected chi connectivity index (χ4v) is 6.04. The number of hydrogen-bond donors (Lipinski definition) is 4. The number of carbonyl (C=O) groups is 2. The summed E-state index contributed by atoms with van der Waals surface area (Å²) in [5.74, 6) is -2.96. The van der Waals surface area contributed by atoms with Crippen LogP contribution < -0.4 is 0 Å². The van der Waals surface area contributed by atoms with E-state index in [-0.39, 0.29) is 19.4 Å². The van der Waals surface area contributed by atoms with Crippen molar-refractivity contribution in [2.45, 2.75) is 186 Å². The SMILES string of the molecule is CCCCCCCCCCCCCC(=O)OC[C@H](COC([C@@H](O)CO)P(=O)(O)O)OC(=O)CCCCCCCCCCCCC. The maximum absolute atomic E-state index is 12.5. The molecule has 0 fully saturated rings. The van der Waals surface area contributed by atoms with Crippen LogP contribution in [0.3, 0.4) is 0 Å². The van der Waals surface area contributed by atoms with E-state index in [1.165, 1.54) is 89.9 Å². The van der Waals surface area contributed by atoms with Crippen LogP contribution in [0.1, 0.15) is 168 Å². The fraction of sp³-hybridized carbons (Fsp3) is 0.941. The Bertz CT molecular complexity index is 744. The van der Waals surface area contributed by atoms with Crippen molar-refractivity contribution < 1.29 is 48.4 Å². The molecule has 1 unspecified atom stereocenters. The minimum absolute atomic E-state index is 0.168. The van der Waals surface area contributed by atoms with Crippen LogP contribution in [0.15, 0.2) is 0 Å². The van der Waals surface area contributed by atoms with Crippen molar-refractivity contribution in [1.29, 1.82) is 0 Å². The molecule has 0 aliphatic carbocycles. The van der Waals surface area contributed by atoms with Crippen molar-refractivity contribution in [2.24, 2.45) is 0 Å². The van der Waals surface area contributed by atoms with Gasteiger partial charge in [-0.1, -0.05) is 142 Å². The quantitative estimate of drug-likeness (QED) is 0.0310. The highest BCUT2D eigenvalue weighted by atomic mass is 31.2. The van der Waals surface area contributed by atoms with Crippen molar-refractivity contribution in [3.05, 3.63) is 0 Å². The zero-order chi connectivity index (χ0) is 33.6. The van der Waals surface area contributed by atoms with Gasteiger partial charge in [0.25, 0.3) is 0 Å². The van der Waals surface area contributed by atoms with Gasteiger partial charge in [0.05, 0.1) is 13.2 Å². The highest BCUT2D eigenvalue weighted by molar-refractivity contribution is 7.52. The lowest BCUT2D eigenvalue weighted by molar-refractivity contribution is -0.164. The van der Waals surface area contributed by atoms with Gasteiger partial charge in [-0.25, -0.2) is 0 Å². The summed E-state index contributed by atoms with van der Waals surface area (Å²) in [6.45, 7) is 2.67. The Morgan fingerprint density at radius 3 is 1.36 bits per heavy atom. The van der Waals surface area contributed by atoms with Gasteiger partial charge in [0, 0.05) is 12.8 Å². The molecule has 0 saturated carbocycles. The highest BCUT2D eigenvalue weighted by Crippen LogP contribution is 2.43. The molecule has 0 aromatic carbocycles. The largest absolute Gasteiger partial charge is 0.462 e. The van der Waals surface area contributed by atoms with Crippen LogP contribution >= 0.6 is 7.60 Å². The van der Waals surface area contributed by atoms with Crippen molar-refractivity contribution in [1.82, 2.24) is 0 Å². The predicted molar refractivity (Wildman–Crippen MR) is 178 cm³/mol. The van der Waals surface area contributed by atoms with Crippen LogP contribution in [0.5, 0.6) is 0 Å². The van der Waals surface area contributed by atoms with Crippen LogP contribution in [-0.4, -0.2) is 69.8 Å². The molecule has 11 heteroatoms. The van der Waals surface area contributed by atoms with Gasteiger partial charge in [-0.2, -0.15) is 0 Å². The molecule has 10 nitrogen and oxygen atoms in total. The van der Waals surface area contributed by atoms with Crippen LogP contribution in [-0.2, 0) is 28.4 Å². The average molecular weight is 667 g/mol. The van der Waals surface area contributed by atoms with E-state index in [2.05, 4.69) is 13.8 Å². The summed E-state index contributed by atoms with van der Waals surface area (Å²) in [6.07, 6.45) is 22.8. The Hall–Kier alpha value is -1.03. The molecule has 0 saturated heterocycles. The average Bonchev–Trinajstić information content (AvgIpc) is 3.00. The van der Waals surface area contributed by atoms with Crippen molar-refractivity contribution in [2.75, 3.05) is 19.8 Å². The number of aliphatic hydroxyl groups is 2. The third-order valence-corrected chi connectivity index (χ3v) is 9.15. The Morgan fingerprint density at radius 1 is 0.600 bits per heavy atom. The molecule has 0 amide bonds. The molecule has 0 radical (unpaired) electrons. The molecule has 0 bridgehead atoms. The van der Waals surface area contributed by atoms with Crippen LogP contribution in [0.2, 0.25) is 0 Å². The summed E-state index contributed by atoms with van der Waals surface area (Å²) in [6, 6.07) is 0. The Labute approximate surface area is 273 Å². The molecule has 4 N–H and O–H groups in total. The van der Waals surface area contributed by atoms with Gasteiger partial charge >= 0.3 is 19.5 Å². The summed E-state index contributed by atoms with van der Waals surface area (Å²) < 4.78 is 27.7. The topological polar surface area (TPSA) is 160 Å². The molecular weight excluding hydrogens is 599 g/mol. The number of carbonyl (C=O) groups excluding carboxylic acids is 2. The van der Waals surface area contributed by atoms with E-state index in [4.69, 9.17) is 19.3 Å². The predicted octanol–water partition coefficient (Wildman–Crippen LogP) is 7.72. The van der Waals surface area contributed by atoms with E-state index in [9.17, 15) is 29.0 Å². The second kappa shape index (κ2) is 30.3. The van der Waals surface area contributed by atoms with Gasteiger partial charge in [0.15, 0.2) is 11.9 Å². The zero-order valence-electron chi connectivity index (χ0n) is 28.5. The number of hydrogen-bond acceptors (Lipinski definition) is 8. The first-order chi connectivity index (χ1) is 21.6. The number of ether oxygens (including phenoxy) is 3. The molecule has 0 rings (SSSR count). The standard InChI is InChI=1S/C34H67O10P/c1-3-5-7-9-11-13-15-17-19-21-23-25-32(37)42-28-30(29-43-34(31(36)27-35)45(39,40)41)44-33(38)26-24-22-20-18-16-14-12-10-8-6-4-2/h30-31,34-36H,3-29H2,1-2H3,(H2,39,40,41)/t30-,31+,34?/m1/s1. The molecule has 0 aromatic rings. The van der Waals surface area contributed by atoms with Crippen LogP contribution in [0.4, 0.5) is 0 Å². The first kappa shape index (κ1) is 44.0. The highest BCUT2D eigenvalue weighted by Gasteiger charge is 2.37.